The first-order valence-corrected chi connectivity index (χ1v) is 6.27. The number of hydrazone groups is 1. The van der Waals surface area contributed by atoms with Crippen LogP contribution in [-0.4, -0.2) is 29.5 Å². The minimum atomic E-state index is -0.143. The molecule has 5 heteroatoms. The molecule has 1 unspecified atom stereocenters. The molecule has 0 aliphatic carbocycles. The Morgan fingerprint density at radius 3 is 2.58 bits per heavy atom. The van der Waals surface area contributed by atoms with E-state index < -0.39 is 0 Å². The Balaban J connectivity index is 2.09. The van der Waals surface area contributed by atoms with Crippen LogP contribution in [0.1, 0.15) is 31.4 Å². The number of hydrogen-bond donors (Lipinski definition) is 1. The first kappa shape index (κ1) is 13.3. The molecule has 19 heavy (non-hydrogen) atoms. The van der Waals surface area contributed by atoms with Crippen LogP contribution < -0.4 is 5.43 Å². The summed E-state index contributed by atoms with van der Waals surface area (Å²) in [5.41, 5.74) is 3.82. The molecule has 0 radical (unpaired) electrons. The molecule has 1 heterocycles. The summed E-state index contributed by atoms with van der Waals surface area (Å²) < 4.78 is 0. The third-order valence-corrected chi connectivity index (χ3v) is 3.33. The summed E-state index contributed by atoms with van der Waals surface area (Å²) in [5.74, 6) is -0.285. The van der Waals surface area contributed by atoms with E-state index in [-0.39, 0.29) is 17.9 Å². The molecule has 1 aliphatic rings. The third kappa shape index (κ3) is 2.99. The second kappa shape index (κ2) is 5.65. The highest BCUT2D eigenvalue weighted by Crippen LogP contribution is 2.19. The normalized spacial score (nSPS) is 16.3. The van der Waals surface area contributed by atoms with E-state index in [9.17, 15) is 9.59 Å². The van der Waals surface area contributed by atoms with Crippen molar-refractivity contribution in [3.8, 4) is 0 Å². The number of nitrogens with one attached hydrogen (secondary N) is 1. The Morgan fingerprint density at radius 1 is 1.32 bits per heavy atom. The van der Waals surface area contributed by atoms with Crippen molar-refractivity contribution < 1.29 is 9.59 Å². The molecule has 1 aromatic rings. The van der Waals surface area contributed by atoms with Crippen LogP contribution in [0, 0.1) is 0 Å². The van der Waals surface area contributed by atoms with Gasteiger partial charge in [0, 0.05) is 19.9 Å². The molecule has 0 bridgehead atoms. The van der Waals surface area contributed by atoms with Crippen LogP contribution >= 0.6 is 0 Å². The molecule has 1 aromatic carbocycles. The second-order valence-corrected chi connectivity index (χ2v) is 4.60. The van der Waals surface area contributed by atoms with Crippen LogP contribution in [-0.2, 0) is 9.59 Å². The summed E-state index contributed by atoms with van der Waals surface area (Å²) in [5, 5.41) is 3.83. The molecular weight excluding hydrogens is 242 g/mol. The summed E-state index contributed by atoms with van der Waals surface area (Å²) >= 11 is 0. The molecule has 100 valence electrons. The predicted molar refractivity (Wildman–Crippen MR) is 72.4 cm³/mol. The van der Waals surface area contributed by atoms with Gasteiger partial charge in [0.05, 0.1) is 6.04 Å². The number of benzene rings is 1. The van der Waals surface area contributed by atoms with Crippen molar-refractivity contribution in [2.24, 2.45) is 5.10 Å². The van der Waals surface area contributed by atoms with E-state index in [2.05, 4.69) is 10.5 Å². The van der Waals surface area contributed by atoms with E-state index in [1.54, 1.807) is 11.9 Å². The van der Waals surface area contributed by atoms with E-state index in [0.29, 0.717) is 18.6 Å². The quantitative estimate of drug-likeness (QED) is 0.893. The zero-order valence-corrected chi connectivity index (χ0v) is 11.1. The molecule has 2 rings (SSSR count). The van der Waals surface area contributed by atoms with Gasteiger partial charge < -0.3 is 4.90 Å². The Labute approximate surface area is 112 Å². The fourth-order valence-corrected chi connectivity index (χ4v) is 1.96. The zero-order valence-electron chi connectivity index (χ0n) is 11.1. The molecule has 2 amide bonds. The van der Waals surface area contributed by atoms with Crippen molar-refractivity contribution >= 4 is 17.5 Å². The Bertz CT molecular complexity index is 511. The summed E-state index contributed by atoms with van der Waals surface area (Å²) in [7, 11) is 1.75. The summed E-state index contributed by atoms with van der Waals surface area (Å²) in [4.78, 5) is 24.9. The lowest BCUT2D eigenvalue weighted by Gasteiger charge is -2.26. The smallest absolute Gasteiger partial charge is 0.270 e. The van der Waals surface area contributed by atoms with E-state index in [0.717, 1.165) is 5.56 Å². The van der Waals surface area contributed by atoms with Gasteiger partial charge in [0.25, 0.3) is 5.91 Å². The van der Waals surface area contributed by atoms with Gasteiger partial charge in [-0.3, -0.25) is 9.59 Å². The predicted octanol–water partition coefficient (Wildman–Crippen LogP) is 1.47. The third-order valence-electron chi connectivity index (χ3n) is 3.33. The topological polar surface area (TPSA) is 61.8 Å². The molecule has 1 N–H and O–H groups in total. The van der Waals surface area contributed by atoms with Crippen molar-refractivity contribution in [1.82, 2.24) is 10.3 Å². The van der Waals surface area contributed by atoms with Crippen molar-refractivity contribution in [3.63, 3.8) is 0 Å². The summed E-state index contributed by atoms with van der Waals surface area (Å²) in [6, 6.07) is 9.77. The lowest BCUT2D eigenvalue weighted by molar-refractivity contribution is -0.125. The Morgan fingerprint density at radius 2 is 2.00 bits per heavy atom. The maximum Gasteiger partial charge on any atom is 0.270 e. The van der Waals surface area contributed by atoms with E-state index in [1.165, 1.54) is 0 Å². The minimum Gasteiger partial charge on any atom is -0.334 e. The molecule has 0 saturated carbocycles. The molecule has 0 saturated heterocycles. The van der Waals surface area contributed by atoms with Crippen molar-refractivity contribution in [2.45, 2.75) is 25.8 Å². The number of hydrogen-bond acceptors (Lipinski definition) is 3. The number of carbonyl (C=O) groups is 2. The van der Waals surface area contributed by atoms with Crippen LogP contribution in [0.2, 0.25) is 0 Å². The van der Waals surface area contributed by atoms with Crippen LogP contribution in [0.4, 0.5) is 0 Å². The van der Waals surface area contributed by atoms with Gasteiger partial charge in [0.1, 0.15) is 5.71 Å². The van der Waals surface area contributed by atoms with Gasteiger partial charge in [0.15, 0.2) is 0 Å². The molecule has 0 aromatic heterocycles. The lowest BCUT2D eigenvalue weighted by atomic mass is 10.1. The zero-order chi connectivity index (χ0) is 13.8. The lowest BCUT2D eigenvalue weighted by Crippen LogP contribution is -2.39. The molecule has 0 spiro atoms. The van der Waals surface area contributed by atoms with Crippen LogP contribution in [0.3, 0.4) is 0 Å². The van der Waals surface area contributed by atoms with Crippen molar-refractivity contribution in [1.29, 1.82) is 0 Å². The first-order valence-electron chi connectivity index (χ1n) is 6.27. The molecule has 0 fully saturated rings. The summed E-state index contributed by atoms with van der Waals surface area (Å²) in [6.07, 6.45) is 0.717. The SMILES string of the molecule is CC(c1ccccc1)N(C)C(=O)C1=NNC(=O)CC1. The Hall–Kier alpha value is -2.17. The van der Waals surface area contributed by atoms with Gasteiger partial charge >= 0.3 is 0 Å². The number of carbonyl (C=O) groups excluding carboxylic acids is 2. The standard InChI is InChI=1S/C14H17N3O2/c1-10(11-6-4-3-5-7-11)17(2)14(19)12-8-9-13(18)16-15-12/h3-7,10H,8-9H2,1-2H3,(H,16,18). The maximum atomic E-state index is 12.3. The largest absolute Gasteiger partial charge is 0.334 e. The molecular formula is C14H17N3O2. The van der Waals surface area contributed by atoms with Gasteiger partial charge in [-0.25, -0.2) is 5.43 Å². The number of rotatable bonds is 3. The molecule has 1 aliphatic heterocycles. The van der Waals surface area contributed by atoms with Crippen LogP contribution in [0.15, 0.2) is 35.4 Å². The fourth-order valence-electron chi connectivity index (χ4n) is 1.96. The summed E-state index contributed by atoms with van der Waals surface area (Å²) in [6.45, 7) is 1.97. The van der Waals surface area contributed by atoms with E-state index in [4.69, 9.17) is 0 Å². The Kier molecular flexibility index (Phi) is 3.94. The van der Waals surface area contributed by atoms with Gasteiger partial charge in [-0.2, -0.15) is 5.10 Å². The first-order chi connectivity index (χ1) is 9.09. The average Bonchev–Trinajstić information content (AvgIpc) is 2.46. The second-order valence-electron chi connectivity index (χ2n) is 4.60. The molecule has 1 atom stereocenters. The highest BCUT2D eigenvalue weighted by atomic mass is 16.2. The van der Waals surface area contributed by atoms with Crippen LogP contribution in [0.5, 0.6) is 0 Å². The fraction of sp³-hybridized carbons (Fsp3) is 0.357. The monoisotopic (exact) mass is 259 g/mol. The maximum absolute atomic E-state index is 12.3. The highest BCUT2D eigenvalue weighted by Gasteiger charge is 2.24. The van der Waals surface area contributed by atoms with E-state index >= 15 is 0 Å². The van der Waals surface area contributed by atoms with Crippen molar-refractivity contribution in [3.05, 3.63) is 35.9 Å². The number of nitrogens with zero attached hydrogens (tertiary/aromatic N) is 2. The van der Waals surface area contributed by atoms with Gasteiger partial charge in [-0.05, 0) is 12.5 Å². The molecule has 5 nitrogen and oxygen atoms in total. The van der Waals surface area contributed by atoms with E-state index in [1.807, 2.05) is 37.3 Å². The van der Waals surface area contributed by atoms with Crippen molar-refractivity contribution in [2.75, 3.05) is 7.05 Å². The average molecular weight is 259 g/mol. The number of amides is 2. The van der Waals surface area contributed by atoms with Gasteiger partial charge in [-0.15, -0.1) is 0 Å². The van der Waals surface area contributed by atoms with Crippen LogP contribution in [0.25, 0.3) is 0 Å². The van der Waals surface area contributed by atoms with Gasteiger partial charge in [0.2, 0.25) is 5.91 Å². The van der Waals surface area contributed by atoms with Gasteiger partial charge in [-0.1, -0.05) is 30.3 Å². The highest BCUT2D eigenvalue weighted by molar-refractivity contribution is 6.39. The minimum absolute atomic E-state index is 0.0333.